The van der Waals surface area contributed by atoms with Crippen LogP contribution in [0.3, 0.4) is 0 Å². The van der Waals surface area contributed by atoms with Crippen LogP contribution in [0.5, 0.6) is 0 Å². The summed E-state index contributed by atoms with van der Waals surface area (Å²) < 4.78 is 29.2. The second kappa shape index (κ2) is 6.02. The number of hydrogen-bond acceptors (Lipinski definition) is 4. The van der Waals surface area contributed by atoms with Crippen LogP contribution in [0.1, 0.15) is 31.3 Å². The Morgan fingerprint density at radius 3 is 2.50 bits per heavy atom. The zero-order chi connectivity index (χ0) is 16.7. The highest BCUT2D eigenvalue weighted by atomic mass is 32.2. The van der Waals surface area contributed by atoms with Crippen molar-refractivity contribution < 1.29 is 13.2 Å². The Morgan fingerprint density at radius 1 is 1.41 bits per heavy atom. The number of amides is 1. The first-order valence-electron chi connectivity index (χ1n) is 7.34. The number of aryl methyl sites for hydroxylation is 1. The summed E-state index contributed by atoms with van der Waals surface area (Å²) in [6.45, 7) is 7.79. The molecule has 1 fully saturated rings. The fourth-order valence-corrected chi connectivity index (χ4v) is 4.18. The summed E-state index contributed by atoms with van der Waals surface area (Å²) in [4.78, 5) is 13.6. The van der Waals surface area contributed by atoms with Gasteiger partial charge in [-0.3, -0.25) is 9.69 Å². The molecule has 8 heteroatoms. The molecule has 0 saturated carbocycles. The van der Waals surface area contributed by atoms with Gasteiger partial charge in [0.15, 0.2) is 0 Å². The minimum absolute atomic E-state index is 0.0685. The van der Waals surface area contributed by atoms with Crippen molar-refractivity contribution in [2.24, 2.45) is 18.7 Å². The molecule has 0 spiro atoms. The first kappa shape index (κ1) is 17.0. The van der Waals surface area contributed by atoms with Crippen LogP contribution in [0.15, 0.2) is 17.2 Å². The van der Waals surface area contributed by atoms with Crippen molar-refractivity contribution in [1.82, 2.24) is 14.2 Å². The highest BCUT2D eigenvalue weighted by Crippen LogP contribution is 2.21. The number of primary amides is 1. The lowest BCUT2D eigenvalue weighted by atomic mass is 10.1. The Morgan fingerprint density at radius 2 is 2.05 bits per heavy atom. The van der Waals surface area contributed by atoms with Crippen molar-refractivity contribution in [3.63, 3.8) is 0 Å². The molecule has 0 unspecified atom stereocenters. The molecule has 1 aliphatic heterocycles. The third-order valence-corrected chi connectivity index (χ3v) is 5.68. The topological polar surface area (TPSA) is 97.4 Å². The number of rotatable bonds is 5. The van der Waals surface area contributed by atoms with E-state index in [-0.39, 0.29) is 22.5 Å². The minimum atomic E-state index is -3.67. The number of carbonyl (C=O) groups excluding carboxylic acids is 1. The van der Waals surface area contributed by atoms with Crippen LogP contribution in [0.25, 0.3) is 0 Å². The molecule has 1 aromatic rings. The Hall–Kier alpha value is -1.38. The number of hydrogen-bond donors (Lipinski definition) is 2. The summed E-state index contributed by atoms with van der Waals surface area (Å²) in [7, 11) is -2.07. The molecule has 2 heterocycles. The highest BCUT2D eigenvalue weighted by Gasteiger charge is 2.34. The molecule has 1 saturated heterocycles. The SMILES string of the molecule is CC(C)N1C[C@H](NS(=O)(=O)c2cc(C(N)=O)n(C)c2)[C@@H](C)C1. The van der Waals surface area contributed by atoms with Crippen LogP contribution in [0.2, 0.25) is 0 Å². The Labute approximate surface area is 131 Å². The van der Waals surface area contributed by atoms with Gasteiger partial charge in [0.2, 0.25) is 10.0 Å². The van der Waals surface area contributed by atoms with Gasteiger partial charge in [-0.05, 0) is 25.8 Å². The number of nitrogens with two attached hydrogens (primary N) is 1. The maximum Gasteiger partial charge on any atom is 0.265 e. The summed E-state index contributed by atoms with van der Waals surface area (Å²) in [6, 6.07) is 1.56. The van der Waals surface area contributed by atoms with Gasteiger partial charge >= 0.3 is 0 Å². The maximum absolute atomic E-state index is 12.5. The molecule has 0 aromatic carbocycles. The number of likely N-dealkylation sites (tertiary alicyclic amines) is 1. The molecular weight excluding hydrogens is 304 g/mol. The van der Waals surface area contributed by atoms with Crippen molar-refractivity contribution in [2.45, 2.75) is 37.8 Å². The van der Waals surface area contributed by atoms with E-state index in [9.17, 15) is 13.2 Å². The van der Waals surface area contributed by atoms with Gasteiger partial charge in [0, 0.05) is 38.4 Å². The first-order valence-corrected chi connectivity index (χ1v) is 8.82. The summed E-state index contributed by atoms with van der Waals surface area (Å²) in [5.41, 5.74) is 5.40. The summed E-state index contributed by atoms with van der Waals surface area (Å²) in [5, 5.41) is 0. The maximum atomic E-state index is 12.5. The average Bonchev–Trinajstić information content (AvgIpc) is 2.94. The van der Waals surface area contributed by atoms with Gasteiger partial charge in [-0.1, -0.05) is 6.92 Å². The lowest BCUT2D eigenvalue weighted by Gasteiger charge is -2.20. The van der Waals surface area contributed by atoms with Gasteiger partial charge in [-0.25, -0.2) is 13.1 Å². The Kier molecular flexibility index (Phi) is 4.65. The van der Waals surface area contributed by atoms with Crippen LogP contribution in [-0.2, 0) is 17.1 Å². The molecule has 2 atom stereocenters. The molecule has 1 aliphatic rings. The van der Waals surface area contributed by atoms with E-state index in [2.05, 4.69) is 23.5 Å². The van der Waals surface area contributed by atoms with E-state index in [0.29, 0.717) is 12.6 Å². The molecule has 22 heavy (non-hydrogen) atoms. The molecule has 0 aliphatic carbocycles. The molecule has 0 radical (unpaired) electrons. The second-order valence-corrected chi connectivity index (χ2v) is 8.00. The predicted octanol–water partition coefficient (Wildman–Crippen LogP) is 0.131. The van der Waals surface area contributed by atoms with E-state index in [1.807, 2.05) is 6.92 Å². The lowest BCUT2D eigenvalue weighted by molar-refractivity contribution is 0.0992. The zero-order valence-corrected chi connectivity index (χ0v) is 14.2. The predicted molar refractivity (Wildman–Crippen MR) is 83.9 cm³/mol. The number of carbonyl (C=O) groups is 1. The zero-order valence-electron chi connectivity index (χ0n) is 13.4. The molecule has 1 amide bonds. The first-order chi connectivity index (χ1) is 10.1. The molecular formula is C14H24N4O3S. The van der Waals surface area contributed by atoms with Gasteiger partial charge in [0.05, 0.1) is 0 Å². The number of aromatic nitrogens is 1. The van der Waals surface area contributed by atoms with Crippen LogP contribution < -0.4 is 10.5 Å². The highest BCUT2D eigenvalue weighted by molar-refractivity contribution is 7.89. The third kappa shape index (κ3) is 3.34. The van der Waals surface area contributed by atoms with E-state index in [1.54, 1.807) is 7.05 Å². The normalized spacial score (nSPS) is 23.3. The van der Waals surface area contributed by atoms with Crippen molar-refractivity contribution in [3.8, 4) is 0 Å². The summed E-state index contributed by atoms with van der Waals surface area (Å²) in [5.74, 6) is -0.416. The standard InChI is InChI=1S/C14H24N4O3S/c1-9(2)18-6-10(3)12(8-18)16-22(20,21)11-5-13(14(15)19)17(4)7-11/h5,7,9-10,12,16H,6,8H2,1-4H3,(H2,15,19)/t10-,12-/m0/s1. The molecule has 124 valence electrons. The van der Waals surface area contributed by atoms with E-state index < -0.39 is 15.9 Å². The van der Waals surface area contributed by atoms with E-state index in [1.165, 1.54) is 16.8 Å². The van der Waals surface area contributed by atoms with Crippen LogP contribution in [0, 0.1) is 5.92 Å². The van der Waals surface area contributed by atoms with Gasteiger partial charge in [-0.2, -0.15) is 0 Å². The number of nitrogens with zero attached hydrogens (tertiary/aromatic N) is 2. The average molecular weight is 328 g/mol. The number of sulfonamides is 1. The van der Waals surface area contributed by atoms with E-state index in [0.717, 1.165) is 6.54 Å². The molecule has 7 nitrogen and oxygen atoms in total. The van der Waals surface area contributed by atoms with Gasteiger partial charge in [0.1, 0.15) is 10.6 Å². The summed E-state index contributed by atoms with van der Waals surface area (Å²) >= 11 is 0. The molecule has 0 bridgehead atoms. The van der Waals surface area contributed by atoms with E-state index in [4.69, 9.17) is 5.73 Å². The van der Waals surface area contributed by atoms with Crippen LogP contribution >= 0.6 is 0 Å². The van der Waals surface area contributed by atoms with Crippen molar-refractivity contribution >= 4 is 15.9 Å². The monoisotopic (exact) mass is 328 g/mol. The van der Waals surface area contributed by atoms with Gasteiger partial charge in [0.25, 0.3) is 5.91 Å². The van der Waals surface area contributed by atoms with Gasteiger partial charge in [-0.15, -0.1) is 0 Å². The van der Waals surface area contributed by atoms with Crippen LogP contribution in [0.4, 0.5) is 0 Å². The quantitative estimate of drug-likeness (QED) is 0.803. The van der Waals surface area contributed by atoms with Crippen LogP contribution in [-0.4, -0.2) is 49.0 Å². The molecule has 1 aromatic heterocycles. The largest absolute Gasteiger partial charge is 0.364 e. The third-order valence-electron chi connectivity index (χ3n) is 4.22. The fourth-order valence-electron chi connectivity index (χ4n) is 2.77. The van der Waals surface area contributed by atoms with Crippen molar-refractivity contribution in [3.05, 3.63) is 18.0 Å². The van der Waals surface area contributed by atoms with Crippen molar-refractivity contribution in [1.29, 1.82) is 0 Å². The lowest BCUT2D eigenvalue weighted by Crippen LogP contribution is -2.40. The molecule has 2 rings (SSSR count). The second-order valence-electron chi connectivity index (χ2n) is 6.29. The van der Waals surface area contributed by atoms with E-state index >= 15 is 0 Å². The Balaban J connectivity index is 2.18. The van der Waals surface area contributed by atoms with Gasteiger partial charge < -0.3 is 10.3 Å². The fraction of sp³-hybridized carbons (Fsp3) is 0.643. The minimum Gasteiger partial charge on any atom is -0.364 e. The Bertz CT molecular complexity index is 666. The number of nitrogens with one attached hydrogen (secondary N) is 1. The summed E-state index contributed by atoms with van der Waals surface area (Å²) in [6.07, 6.45) is 1.41. The van der Waals surface area contributed by atoms with Crippen molar-refractivity contribution in [2.75, 3.05) is 13.1 Å². The molecule has 3 N–H and O–H groups in total. The smallest absolute Gasteiger partial charge is 0.265 e.